The zero-order valence-electron chi connectivity index (χ0n) is 15.0. The molecule has 2 aromatic carbocycles. The monoisotopic (exact) mass is 388 g/mol. The molecule has 5 heteroatoms. The van der Waals surface area contributed by atoms with Crippen molar-refractivity contribution in [1.82, 2.24) is 10.3 Å². The third-order valence-corrected chi connectivity index (χ3v) is 4.70. The number of fused-ring (bicyclic) bond motifs is 1. The molecule has 0 saturated carbocycles. The summed E-state index contributed by atoms with van der Waals surface area (Å²) in [6, 6.07) is 20.4. The summed E-state index contributed by atoms with van der Waals surface area (Å²) in [5.74, 6) is 1.03. The highest BCUT2D eigenvalue weighted by atomic mass is 35.5. The van der Waals surface area contributed by atoms with E-state index in [-0.39, 0.29) is 5.91 Å². The number of amides is 1. The molecule has 2 aromatic heterocycles. The van der Waals surface area contributed by atoms with Gasteiger partial charge in [0.15, 0.2) is 5.76 Å². The van der Waals surface area contributed by atoms with Crippen LogP contribution in [0.2, 0.25) is 5.02 Å². The maximum atomic E-state index is 12.6. The van der Waals surface area contributed by atoms with Gasteiger partial charge in [-0.05, 0) is 36.4 Å². The molecule has 4 nitrogen and oxygen atoms in total. The summed E-state index contributed by atoms with van der Waals surface area (Å²) in [4.78, 5) is 17.3. The lowest BCUT2D eigenvalue weighted by Crippen LogP contribution is -2.23. The number of hydrogen-bond acceptors (Lipinski definition) is 3. The first-order chi connectivity index (χ1) is 13.7. The van der Waals surface area contributed by atoms with Crippen molar-refractivity contribution in [2.24, 2.45) is 0 Å². The topological polar surface area (TPSA) is 55.1 Å². The molecule has 28 heavy (non-hydrogen) atoms. The molecule has 1 N–H and O–H groups in total. The number of nitrogens with zero attached hydrogens (tertiary/aromatic N) is 1. The molecular weight excluding hydrogens is 372 g/mol. The second kappa shape index (κ2) is 7.71. The van der Waals surface area contributed by atoms with Crippen LogP contribution in [0.25, 0.3) is 33.7 Å². The van der Waals surface area contributed by atoms with E-state index >= 15 is 0 Å². The van der Waals surface area contributed by atoms with E-state index in [9.17, 15) is 4.79 Å². The molecule has 2 heterocycles. The fourth-order valence-corrected chi connectivity index (χ4v) is 3.26. The Kier molecular flexibility index (Phi) is 4.96. The van der Waals surface area contributed by atoms with Crippen molar-refractivity contribution >= 4 is 28.4 Å². The Morgan fingerprint density at radius 2 is 1.82 bits per heavy atom. The van der Waals surface area contributed by atoms with Gasteiger partial charge >= 0.3 is 0 Å². The van der Waals surface area contributed by atoms with Crippen molar-refractivity contribution in [2.45, 2.75) is 0 Å². The van der Waals surface area contributed by atoms with Gasteiger partial charge in [-0.25, -0.2) is 4.98 Å². The van der Waals surface area contributed by atoms with Gasteiger partial charge in [-0.15, -0.1) is 6.58 Å². The number of pyridine rings is 1. The van der Waals surface area contributed by atoms with Crippen molar-refractivity contribution in [3.63, 3.8) is 0 Å². The van der Waals surface area contributed by atoms with Gasteiger partial charge in [-0.3, -0.25) is 4.79 Å². The molecule has 0 radical (unpaired) electrons. The maximum Gasteiger partial charge on any atom is 0.252 e. The normalized spacial score (nSPS) is 10.8. The molecule has 4 aromatic rings. The van der Waals surface area contributed by atoms with Crippen LogP contribution in [0.3, 0.4) is 0 Å². The first kappa shape index (κ1) is 18.0. The molecular formula is C23H17ClN2O2. The number of benzene rings is 2. The standard InChI is InChI=1S/C23H17ClN2O2/c1-2-13-25-23(27)17-14-20(26-19-10-6-4-7-15(17)19)22-12-11-21(28-22)16-8-3-5-9-18(16)24/h2-12,14H,1,13H2,(H,25,27). The van der Waals surface area contributed by atoms with Gasteiger partial charge in [-0.2, -0.15) is 0 Å². The van der Waals surface area contributed by atoms with Crippen LogP contribution in [0.5, 0.6) is 0 Å². The molecule has 0 atom stereocenters. The van der Waals surface area contributed by atoms with Crippen molar-refractivity contribution in [3.8, 4) is 22.8 Å². The number of nitrogens with one attached hydrogen (secondary N) is 1. The van der Waals surface area contributed by atoms with Gasteiger partial charge in [0, 0.05) is 17.5 Å². The van der Waals surface area contributed by atoms with Crippen LogP contribution in [-0.4, -0.2) is 17.4 Å². The second-order valence-electron chi connectivity index (χ2n) is 6.21. The van der Waals surface area contributed by atoms with Crippen LogP contribution >= 0.6 is 11.6 Å². The van der Waals surface area contributed by atoms with Gasteiger partial charge in [0.2, 0.25) is 0 Å². The van der Waals surface area contributed by atoms with Crippen LogP contribution < -0.4 is 5.32 Å². The summed E-state index contributed by atoms with van der Waals surface area (Å²) in [6.07, 6.45) is 1.64. The lowest BCUT2D eigenvalue weighted by molar-refractivity contribution is 0.0959. The van der Waals surface area contributed by atoms with E-state index in [0.29, 0.717) is 34.3 Å². The van der Waals surface area contributed by atoms with E-state index in [4.69, 9.17) is 16.0 Å². The lowest BCUT2D eigenvalue weighted by atomic mass is 10.1. The Morgan fingerprint density at radius 1 is 1.07 bits per heavy atom. The highest BCUT2D eigenvalue weighted by molar-refractivity contribution is 6.33. The highest BCUT2D eigenvalue weighted by Crippen LogP contribution is 2.33. The molecule has 0 aliphatic carbocycles. The van der Waals surface area contributed by atoms with Gasteiger partial charge in [-0.1, -0.05) is 48.0 Å². The van der Waals surface area contributed by atoms with Crippen LogP contribution in [0.4, 0.5) is 0 Å². The smallest absolute Gasteiger partial charge is 0.252 e. The number of carbonyl (C=O) groups excluding carboxylic acids is 1. The molecule has 0 aliphatic rings. The second-order valence-corrected chi connectivity index (χ2v) is 6.62. The molecule has 0 saturated heterocycles. The Bertz CT molecular complexity index is 1180. The number of furan rings is 1. The van der Waals surface area contributed by atoms with Crippen molar-refractivity contribution in [2.75, 3.05) is 6.54 Å². The summed E-state index contributed by atoms with van der Waals surface area (Å²) in [7, 11) is 0. The number of carbonyl (C=O) groups is 1. The van der Waals surface area contributed by atoms with E-state index in [1.165, 1.54) is 0 Å². The summed E-state index contributed by atoms with van der Waals surface area (Å²) in [5.41, 5.74) is 2.65. The number of hydrogen-bond donors (Lipinski definition) is 1. The molecule has 0 aliphatic heterocycles. The average Bonchev–Trinajstić information content (AvgIpc) is 3.21. The molecule has 0 spiro atoms. The minimum absolute atomic E-state index is 0.183. The predicted octanol–water partition coefficient (Wildman–Crippen LogP) is 5.73. The van der Waals surface area contributed by atoms with Crippen LogP contribution in [0, 0.1) is 0 Å². The fraction of sp³-hybridized carbons (Fsp3) is 0.0435. The molecule has 1 amide bonds. The van der Waals surface area contributed by atoms with E-state index in [1.807, 2.05) is 60.7 Å². The summed E-state index contributed by atoms with van der Waals surface area (Å²) < 4.78 is 6.01. The first-order valence-electron chi connectivity index (χ1n) is 8.81. The SMILES string of the molecule is C=CCNC(=O)c1cc(-c2ccc(-c3ccccc3Cl)o2)nc2ccccc12. The number of aromatic nitrogens is 1. The Morgan fingerprint density at radius 3 is 2.64 bits per heavy atom. The van der Waals surface area contributed by atoms with E-state index in [1.54, 1.807) is 12.1 Å². The number of halogens is 1. The van der Waals surface area contributed by atoms with E-state index in [0.717, 1.165) is 16.5 Å². The number of rotatable bonds is 5. The van der Waals surface area contributed by atoms with Crippen molar-refractivity contribution in [3.05, 3.63) is 90.0 Å². The van der Waals surface area contributed by atoms with Crippen LogP contribution in [-0.2, 0) is 0 Å². The third-order valence-electron chi connectivity index (χ3n) is 4.37. The zero-order chi connectivity index (χ0) is 19.5. The average molecular weight is 389 g/mol. The number of para-hydroxylation sites is 1. The van der Waals surface area contributed by atoms with Gasteiger partial charge in [0.05, 0.1) is 16.1 Å². The minimum Gasteiger partial charge on any atom is -0.454 e. The van der Waals surface area contributed by atoms with Crippen LogP contribution in [0.15, 0.2) is 83.8 Å². The fourth-order valence-electron chi connectivity index (χ4n) is 3.03. The molecule has 4 rings (SSSR count). The van der Waals surface area contributed by atoms with Crippen LogP contribution in [0.1, 0.15) is 10.4 Å². The first-order valence-corrected chi connectivity index (χ1v) is 9.19. The Labute approximate surface area is 167 Å². The van der Waals surface area contributed by atoms with Gasteiger partial charge < -0.3 is 9.73 Å². The summed E-state index contributed by atoms with van der Waals surface area (Å²) in [6.45, 7) is 4.03. The zero-order valence-corrected chi connectivity index (χ0v) is 15.7. The lowest BCUT2D eigenvalue weighted by Gasteiger charge is -2.08. The van der Waals surface area contributed by atoms with E-state index in [2.05, 4.69) is 16.9 Å². The van der Waals surface area contributed by atoms with Gasteiger partial charge in [0.1, 0.15) is 11.5 Å². The Hall–Kier alpha value is -3.37. The quantitative estimate of drug-likeness (QED) is 0.444. The summed E-state index contributed by atoms with van der Waals surface area (Å²) >= 11 is 6.27. The van der Waals surface area contributed by atoms with Gasteiger partial charge in [0.25, 0.3) is 5.91 Å². The molecule has 138 valence electrons. The molecule has 0 unspecified atom stereocenters. The third kappa shape index (κ3) is 3.42. The summed E-state index contributed by atoms with van der Waals surface area (Å²) in [5, 5.41) is 4.22. The largest absolute Gasteiger partial charge is 0.454 e. The minimum atomic E-state index is -0.183. The maximum absolute atomic E-state index is 12.6. The highest BCUT2D eigenvalue weighted by Gasteiger charge is 2.16. The van der Waals surface area contributed by atoms with Crippen molar-refractivity contribution < 1.29 is 9.21 Å². The van der Waals surface area contributed by atoms with E-state index < -0.39 is 0 Å². The Balaban J connectivity index is 1.80. The molecule has 0 bridgehead atoms. The predicted molar refractivity (Wildman–Crippen MR) is 112 cm³/mol. The van der Waals surface area contributed by atoms with Crippen molar-refractivity contribution in [1.29, 1.82) is 0 Å². The molecule has 0 fully saturated rings.